The van der Waals surface area contributed by atoms with Crippen molar-refractivity contribution in [2.75, 3.05) is 26.2 Å². The first kappa shape index (κ1) is 23.9. The minimum atomic E-state index is -0.989. The fraction of sp³-hybridized carbons (Fsp3) is 0.444. The molecule has 4 N–H and O–H groups in total. The first-order valence-corrected chi connectivity index (χ1v) is 10.4. The minimum Gasteiger partial charge on any atom is -0.383 e. The zero-order valence-electron chi connectivity index (χ0n) is 15.5. The van der Waals surface area contributed by atoms with Crippen LogP contribution < -0.4 is 16.0 Å². The van der Waals surface area contributed by atoms with Crippen LogP contribution in [0.25, 0.3) is 0 Å². The Hall–Kier alpha value is -1.17. The lowest BCUT2D eigenvalue weighted by Crippen LogP contribution is -2.40. The van der Waals surface area contributed by atoms with E-state index in [9.17, 15) is 9.90 Å². The molecule has 0 fully saturated rings. The van der Waals surface area contributed by atoms with Gasteiger partial charge in [-0.2, -0.15) is 11.3 Å². The van der Waals surface area contributed by atoms with Crippen molar-refractivity contribution in [2.45, 2.75) is 25.9 Å². The normalized spacial score (nSPS) is 13.4. The van der Waals surface area contributed by atoms with Crippen LogP contribution in [0.3, 0.4) is 0 Å². The predicted octanol–water partition coefficient (Wildman–Crippen LogP) is 3.01. The number of aliphatic imine (C=N–C) groups is 1. The zero-order valence-corrected chi connectivity index (χ0v) is 19.5. The molecular formula is C18H27IN4O2S2. The number of hydrogen-bond donors (Lipinski definition) is 4. The van der Waals surface area contributed by atoms with Gasteiger partial charge in [0.05, 0.1) is 11.4 Å². The fourth-order valence-electron chi connectivity index (χ4n) is 2.23. The highest BCUT2D eigenvalue weighted by Crippen LogP contribution is 2.23. The molecule has 150 valence electrons. The summed E-state index contributed by atoms with van der Waals surface area (Å²) in [7, 11) is 0. The first-order chi connectivity index (χ1) is 12.5. The van der Waals surface area contributed by atoms with Gasteiger partial charge in [-0.25, -0.2) is 4.99 Å². The monoisotopic (exact) mass is 522 g/mol. The molecule has 0 aliphatic heterocycles. The smallest absolute Gasteiger partial charge is 0.261 e. The summed E-state index contributed by atoms with van der Waals surface area (Å²) in [6.45, 7) is 6.04. The topological polar surface area (TPSA) is 85.8 Å². The molecule has 1 amide bonds. The lowest BCUT2D eigenvalue weighted by Gasteiger charge is -2.21. The highest BCUT2D eigenvalue weighted by Gasteiger charge is 2.23. The zero-order chi connectivity index (χ0) is 18.8. The van der Waals surface area contributed by atoms with E-state index in [1.165, 1.54) is 11.3 Å². The van der Waals surface area contributed by atoms with E-state index < -0.39 is 5.60 Å². The van der Waals surface area contributed by atoms with Gasteiger partial charge < -0.3 is 21.1 Å². The van der Waals surface area contributed by atoms with Crippen molar-refractivity contribution in [3.8, 4) is 0 Å². The van der Waals surface area contributed by atoms with Crippen LogP contribution in [0.2, 0.25) is 0 Å². The Morgan fingerprint density at radius 3 is 2.63 bits per heavy atom. The second-order valence-electron chi connectivity index (χ2n) is 5.99. The van der Waals surface area contributed by atoms with E-state index in [4.69, 9.17) is 0 Å². The number of guanidine groups is 1. The van der Waals surface area contributed by atoms with Gasteiger partial charge >= 0.3 is 0 Å². The number of thiophene rings is 2. The maximum Gasteiger partial charge on any atom is 0.261 e. The molecular weight excluding hydrogens is 495 g/mol. The molecule has 0 aliphatic rings. The standard InChI is InChI=1S/C18H26N4O2S2.HI/c1-3-19-17(22-13-18(2,24)14-7-11-25-12-14)21-9-5-8-20-16(23)15-6-4-10-26-15;/h4,6-7,10-12,24H,3,5,8-9,13H2,1-2H3,(H,20,23)(H2,19,21,22);1H. The Kier molecular flexibility index (Phi) is 10.9. The largest absolute Gasteiger partial charge is 0.383 e. The lowest BCUT2D eigenvalue weighted by atomic mass is 10.00. The number of aliphatic hydroxyl groups is 1. The third kappa shape index (κ3) is 8.16. The molecule has 6 nitrogen and oxygen atoms in total. The van der Waals surface area contributed by atoms with Crippen LogP contribution in [0.4, 0.5) is 0 Å². The number of halogens is 1. The van der Waals surface area contributed by atoms with Gasteiger partial charge in [0, 0.05) is 19.6 Å². The van der Waals surface area contributed by atoms with Crippen LogP contribution in [0.1, 0.15) is 35.5 Å². The SMILES string of the molecule is CCNC(=NCC(C)(O)c1ccsc1)NCCCNC(=O)c1cccs1.I. The quantitative estimate of drug-likeness (QED) is 0.177. The third-order valence-electron chi connectivity index (χ3n) is 3.71. The van der Waals surface area contributed by atoms with E-state index in [2.05, 4.69) is 20.9 Å². The third-order valence-corrected chi connectivity index (χ3v) is 5.26. The molecule has 1 unspecified atom stereocenters. The van der Waals surface area contributed by atoms with E-state index in [-0.39, 0.29) is 36.4 Å². The van der Waals surface area contributed by atoms with Crippen molar-refractivity contribution in [3.63, 3.8) is 0 Å². The molecule has 0 bridgehead atoms. The van der Waals surface area contributed by atoms with Gasteiger partial charge in [-0.05, 0) is 54.1 Å². The summed E-state index contributed by atoms with van der Waals surface area (Å²) in [5.41, 5.74) is -0.116. The molecule has 0 saturated heterocycles. The van der Waals surface area contributed by atoms with E-state index in [1.54, 1.807) is 18.3 Å². The summed E-state index contributed by atoms with van der Waals surface area (Å²) < 4.78 is 0. The lowest BCUT2D eigenvalue weighted by molar-refractivity contribution is 0.0677. The summed E-state index contributed by atoms with van der Waals surface area (Å²) >= 11 is 2.99. The average Bonchev–Trinajstić information content (AvgIpc) is 3.32. The molecule has 27 heavy (non-hydrogen) atoms. The second kappa shape index (κ2) is 12.3. The Labute approximate surface area is 185 Å². The summed E-state index contributed by atoms with van der Waals surface area (Å²) in [5, 5.41) is 25.6. The van der Waals surface area contributed by atoms with Crippen LogP contribution >= 0.6 is 46.7 Å². The maximum absolute atomic E-state index is 11.8. The summed E-state index contributed by atoms with van der Waals surface area (Å²) in [4.78, 5) is 17.0. The van der Waals surface area contributed by atoms with Gasteiger partial charge in [0.15, 0.2) is 5.96 Å². The van der Waals surface area contributed by atoms with Crippen LogP contribution in [-0.2, 0) is 5.60 Å². The summed E-state index contributed by atoms with van der Waals surface area (Å²) in [6.07, 6.45) is 0.780. The van der Waals surface area contributed by atoms with Crippen LogP contribution in [0.5, 0.6) is 0 Å². The van der Waals surface area contributed by atoms with Gasteiger partial charge in [0.1, 0.15) is 5.60 Å². The number of carbonyl (C=O) groups excluding carboxylic acids is 1. The molecule has 2 aromatic rings. The number of carbonyl (C=O) groups is 1. The molecule has 0 radical (unpaired) electrons. The minimum absolute atomic E-state index is 0. The van der Waals surface area contributed by atoms with Crippen molar-refractivity contribution < 1.29 is 9.90 Å². The van der Waals surface area contributed by atoms with Crippen LogP contribution in [0, 0.1) is 0 Å². The van der Waals surface area contributed by atoms with Crippen LogP contribution in [-0.4, -0.2) is 43.2 Å². The van der Waals surface area contributed by atoms with Crippen molar-refractivity contribution in [1.29, 1.82) is 0 Å². The summed E-state index contributed by atoms with van der Waals surface area (Å²) in [6, 6.07) is 5.59. The highest BCUT2D eigenvalue weighted by molar-refractivity contribution is 14.0. The Morgan fingerprint density at radius 2 is 2.00 bits per heavy atom. The van der Waals surface area contributed by atoms with Crippen molar-refractivity contribution >= 4 is 58.5 Å². The molecule has 2 heterocycles. The van der Waals surface area contributed by atoms with Gasteiger partial charge in [-0.15, -0.1) is 35.3 Å². The molecule has 0 spiro atoms. The Morgan fingerprint density at radius 1 is 1.22 bits per heavy atom. The number of hydrogen-bond acceptors (Lipinski definition) is 5. The van der Waals surface area contributed by atoms with Gasteiger partial charge in [-0.1, -0.05) is 6.07 Å². The number of nitrogens with one attached hydrogen (secondary N) is 3. The van der Waals surface area contributed by atoms with E-state index in [0.29, 0.717) is 19.0 Å². The van der Waals surface area contributed by atoms with Gasteiger partial charge in [0.25, 0.3) is 5.91 Å². The molecule has 2 aromatic heterocycles. The van der Waals surface area contributed by atoms with Gasteiger partial charge in [-0.3, -0.25) is 4.79 Å². The number of amides is 1. The molecule has 9 heteroatoms. The predicted molar refractivity (Wildman–Crippen MR) is 125 cm³/mol. The van der Waals surface area contributed by atoms with E-state index in [0.717, 1.165) is 23.4 Å². The Bertz CT molecular complexity index is 688. The van der Waals surface area contributed by atoms with Crippen molar-refractivity contribution in [2.24, 2.45) is 4.99 Å². The highest BCUT2D eigenvalue weighted by atomic mass is 127. The molecule has 1 atom stereocenters. The van der Waals surface area contributed by atoms with Crippen molar-refractivity contribution in [3.05, 3.63) is 44.8 Å². The Balaban J connectivity index is 0.00000364. The second-order valence-corrected chi connectivity index (χ2v) is 7.72. The fourth-order valence-corrected chi connectivity index (χ4v) is 3.65. The molecule has 0 aromatic carbocycles. The molecule has 0 saturated carbocycles. The average molecular weight is 522 g/mol. The first-order valence-electron chi connectivity index (χ1n) is 8.62. The van der Waals surface area contributed by atoms with E-state index >= 15 is 0 Å². The number of nitrogens with zero attached hydrogens (tertiary/aromatic N) is 1. The summed E-state index contributed by atoms with van der Waals surface area (Å²) in [5.74, 6) is 0.625. The van der Waals surface area contributed by atoms with Crippen LogP contribution in [0.15, 0.2) is 39.3 Å². The molecule has 0 aliphatic carbocycles. The van der Waals surface area contributed by atoms with Gasteiger partial charge in [0.2, 0.25) is 0 Å². The van der Waals surface area contributed by atoms with E-state index in [1.807, 2.05) is 41.3 Å². The molecule has 2 rings (SSSR count). The number of rotatable bonds is 9. The maximum atomic E-state index is 11.8. The van der Waals surface area contributed by atoms with Crippen molar-refractivity contribution in [1.82, 2.24) is 16.0 Å².